The van der Waals surface area contributed by atoms with Crippen LogP contribution in [0.5, 0.6) is 0 Å². The Bertz CT molecular complexity index is 1060. The minimum atomic E-state index is -3.56. The normalized spacial score (nSPS) is 12.2. The predicted octanol–water partition coefficient (Wildman–Crippen LogP) is 4.60. The van der Waals surface area contributed by atoms with E-state index in [-0.39, 0.29) is 10.6 Å². The second-order valence-corrected chi connectivity index (χ2v) is 9.16. The number of nitrogens with zero attached hydrogens (tertiary/aromatic N) is 2. The van der Waals surface area contributed by atoms with Crippen molar-refractivity contribution in [2.75, 3.05) is 12.9 Å². The highest BCUT2D eigenvalue weighted by Crippen LogP contribution is 2.30. The third kappa shape index (κ3) is 4.55. The number of halogens is 1. The average molecular weight is 421 g/mol. The molecule has 0 atom stereocenters. The molecule has 0 aliphatic heterocycles. The summed E-state index contributed by atoms with van der Waals surface area (Å²) in [6.07, 6.45) is 0. The summed E-state index contributed by atoms with van der Waals surface area (Å²) < 4.78 is 25.5. The average Bonchev–Trinajstić information content (AvgIpc) is 3.04. The fraction of sp³-hybridized carbons (Fsp3) is 0.158. The van der Waals surface area contributed by atoms with Crippen molar-refractivity contribution < 1.29 is 13.3 Å². The van der Waals surface area contributed by atoms with Gasteiger partial charge in [-0.15, -0.1) is 11.3 Å². The molecule has 0 saturated heterocycles. The summed E-state index contributed by atoms with van der Waals surface area (Å²) >= 11 is 7.31. The van der Waals surface area contributed by atoms with Crippen molar-refractivity contribution in [1.82, 2.24) is 4.98 Å². The predicted molar refractivity (Wildman–Crippen MR) is 109 cm³/mol. The number of oxime groups is 1. The summed E-state index contributed by atoms with van der Waals surface area (Å²) in [6.45, 7) is 1.82. The Morgan fingerprint density at radius 1 is 1.15 bits per heavy atom. The molecule has 0 saturated carbocycles. The zero-order chi connectivity index (χ0) is 19.4. The van der Waals surface area contributed by atoms with Gasteiger partial charge >= 0.3 is 0 Å². The van der Waals surface area contributed by atoms with Crippen LogP contribution in [-0.2, 0) is 14.7 Å². The molecule has 1 heterocycles. The molecule has 0 fully saturated rings. The Morgan fingerprint density at radius 2 is 1.81 bits per heavy atom. The molecule has 1 aromatic heterocycles. The molecule has 0 N–H and O–H groups in total. The summed E-state index contributed by atoms with van der Waals surface area (Å²) in [5.74, 6) is -0.270. The molecule has 2 aromatic carbocycles. The number of aromatic nitrogens is 1. The van der Waals surface area contributed by atoms with Gasteiger partial charge in [-0.3, -0.25) is 0 Å². The molecule has 0 bridgehead atoms. The Hall–Kier alpha value is -2.22. The van der Waals surface area contributed by atoms with E-state index in [0.29, 0.717) is 21.3 Å². The minimum Gasteiger partial charge on any atom is -0.399 e. The first-order chi connectivity index (χ1) is 12.9. The van der Waals surface area contributed by atoms with Gasteiger partial charge in [0.25, 0.3) is 0 Å². The van der Waals surface area contributed by atoms with Crippen molar-refractivity contribution in [2.24, 2.45) is 5.16 Å². The molecule has 0 aliphatic rings. The van der Waals surface area contributed by atoms with E-state index in [1.165, 1.54) is 18.4 Å². The fourth-order valence-electron chi connectivity index (χ4n) is 2.51. The van der Waals surface area contributed by atoms with Gasteiger partial charge in [0.05, 0.1) is 15.5 Å². The first-order valence-corrected chi connectivity index (χ1v) is 10.9. The van der Waals surface area contributed by atoms with E-state index >= 15 is 0 Å². The molecule has 5 nitrogen and oxygen atoms in total. The quantitative estimate of drug-likeness (QED) is 0.431. The molecule has 0 spiro atoms. The smallest absolute Gasteiger partial charge is 0.184 e. The highest BCUT2D eigenvalue weighted by molar-refractivity contribution is 7.92. The van der Waals surface area contributed by atoms with E-state index in [1.807, 2.05) is 19.1 Å². The molecule has 0 unspecified atom stereocenters. The zero-order valence-corrected chi connectivity index (χ0v) is 17.1. The summed E-state index contributed by atoms with van der Waals surface area (Å²) in [7, 11) is -2.16. The Balaban J connectivity index is 1.97. The van der Waals surface area contributed by atoms with Crippen molar-refractivity contribution in [1.29, 1.82) is 0 Å². The van der Waals surface area contributed by atoms with E-state index in [4.69, 9.17) is 16.4 Å². The van der Waals surface area contributed by atoms with E-state index in [2.05, 4.69) is 10.1 Å². The molecular formula is C19H17ClN2O3S2. The summed E-state index contributed by atoms with van der Waals surface area (Å²) in [5, 5.41) is 5.38. The summed E-state index contributed by atoms with van der Waals surface area (Å²) in [6, 6.07) is 15.6. The number of thiazole rings is 1. The molecule has 140 valence electrons. The highest BCUT2D eigenvalue weighted by Gasteiger charge is 2.23. The number of hydrogen-bond acceptors (Lipinski definition) is 6. The first-order valence-electron chi connectivity index (χ1n) is 8.02. The van der Waals surface area contributed by atoms with Gasteiger partial charge in [-0.05, 0) is 31.2 Å². The largest absolute Gasteiger partial charge is 0.399 e. The van der Waals surface area contributed by atoms with Gasteiger partial charge < -0.3 is 4.84 Å². The monoisotopic (exact) mass is 420 g/mol. The number of aryl methyl sites for hydroxylation is 1. The maximum absolute atomic E-state index is 12.7. The lowest BCUT2D eigenvalue weighted by Gasteiger charge is -2.06. The van der Waals surface area contributed by atoms with Crippen LogP contribution in [-0.4, -0.2) is 32.0 Å². The second-order valence-electron chi connectivity index (χ2n) is 5.73. The summed E-state index contributed by atoms with van der Waals surface area (Å²) in [4.78, 5) is 10.4. The topological polar surface area (TPSA) is 68.6 Å². The van der Waals surface area contributed by atoms with Gasteiger partial charge in [-0.1, -0.05) is 47.1 Å². The lowest BCUT2D eigenvalue weighted by Crippen LogP contribution is -2.17. The van der Waals surface area contributed by atoms with Gasteiger partial charge in [0.1, 0.15) is 23.6 Å². The Labute approximate surface area is 167 Å². The Morgan fingerprint density at radius 3 is 2.44 bits per heavy atom. The number of hydrogen-bond donors (Lipinski definition) is 0. The molecule has 3 rings (SSSR count). The molecular weight excluding hydrogens is 404 g/mol. The van der Waals surface area contributed by atoms with Gasteiger partial charge in [0, 0.05) is 10.6 Å². The maximum Gasteiger partial charge on any atom is 0.184 e. The van der Waals surface area contributed by atoms with Crippen LogP contribution in [0.3, 0.4) is 0 Å². The van der Waals surface area contributed by atoms with Crippen LogP contribution >= 0.6 is 22.9 Å². The van der Waals surface area contributed by atoms with E-state index in [0.717, 1.165) is 10.6 Å². The van der Waals surface area contributed by atoms with Gasteiger partial charge in [-0.25, -0.2) is 13.4 Å². The minimum absolute atomic E-state index is 0.244. The Kier molecular flexibility index (Phi) is 5.94. The molecule has 0 amide bonds. The van der Waals surface area contributed by atoms with Crippen molar-refractivity contribution in [2.45, 2.75) is 11.8 Å². The zero-order valence-electron chi connectivity index (χ0n) is 14.7. The molecule has 0 radical (unpaired) electrons. The van der Waals surface area contributed by atoms with Gasteiger partial charge in [0.2, 0.25) is 0 Å². The van der Waals surface area contributed by atoms with E-state index in [9.17, 15) is 8.42 Å². The van der Waals surface area contributed by atoms with Crippen LogP contribution in [0.2, 0.25) is 5.02 Å². The second kappa shape index (κ2) is 8.21. The van der Waals surface area contributed by atoms with Crippen molar-refractivity contribution in [3.8, 4) is 10.6 Å². The van der Waals surface area contributed by atoms with Crippen molar-refractivity contribution in [3.63, 3.8) is 0 Å². The third-order valence-corrected chi connectivity index (χ3v) is 6.93. The SMILES string of the molecule is CO/N=C(/CS(=O)(=O)c1ccccc1)c1sc(-c2ccc(Cl)cc2)nc1C. The van der Waals surface area contributed by atoms with Crippen LogP contribution in [0, 0.1) is 6.92 Å². The van der Waals surface area contributed by atoms with Gasteiger partial charge in [0.15, 0.2) is 9.84 Å². The van der Waals surface area contributed by atoms with E-state index in [1.54, 1.807) is 42.5 Å². The van der Waals surface area contributed by atoms with Crippen LogP contribution in [0.4, 0.5) is 0 Å². The number of sulfone groups is 1. The maximum atomic E-state index is 12.7. The number of rotatable bonds is 6. The third-order valence-electron chi connectivity index (χ3n) is 3.78. The molecule has 8 heteroatoms. The lowest BCUT2D eigenvalue weighted by atomic mass is 10.2. The van der Waals surface area contributed by atoms with Crippen LogP contribution in [0.25, 0.3) is 10.6 Å². The van der Waals surface area contributed by atoms with Crippen molar-refractivity contribution >= 4 is 38.5 Å². The summed E-state index contributed by atoms with van der Waals surface area (Å²) in [5.41, 5.74) is 1.93. The van der Waals surface area contributed by atoms with Crippen LogP contribution in [0.1, 0.15) is 10.6 Å². The van der Waals surface area contributed by atoms with Crippen LogP contribution in [0.15, 0.2) is 64.6 Å². The first kappa shape index (κ1) is 19.5. The fourth-order valence-corrected chi connectivity index (χ4v) is 5.08. The van der Waals surface area contributed by atoms with Gasteiger partial charge in [-0.2, -0.15) is 0 Å². The van der Waals surface area contributed by atoms with Crippen molar-refractivity contribution in [3.05, 3.63) is 70.2 Å². The van der Waals surface area contributed by atoms with E-state index < -0.39 is 9.84 Å². The number of benzene rings is 2. The molecule has 0 aliphatic carbocycles. The highest BCUT2D eigenvalue weighted by atomic mass is 35.5. The standard InChI is InChI=1S/C19H17ClN2O3S2/c1-13-18(26-19(21-13)14-8-10-15(20)11-9-14)17(22-25-2)12-27(23,24)16-6-4-3-5-7-16/h3-11H,12H2,1-2H3/b22-17-. The molecule has 3 aromatic rings. The van der Waals surface area contributed by atoms with Crippen LogP contribution < -0.4 is 0 Å². The molecule has 27 heavy (non-hydrogen) atoms. The lowest BCUT2D eigenvalue weighted by molar-refractivity contribution is 0.213.